The quantitative estimate of drug-likeness (QED) is 0.119. The highest BCUT2D eigenvalue weighted by atomic mass is 16.7. The molecule has 0 aliphatic carbocycles. The molecule has 2 heterocycles. The summed E-state index contributed by atoms with van der Waals surface area (Å²) < 4.78 is 17.8. The first-order chi connectivity index (χ1) is 19.0. The molecule has 6 unspecified atom stereocenters. The molecule has 41 heavy (non-hydrogen) atoms. The summed E-state index contributed by atoms with van der Waals surface area (Å²) in [6, 6.07) is -2.83. The molecule has 2 amide bonds. The number of allylic oxidation sites excluding steroid dienone is 1. The first kappa shape index (κ1) is 35.3. The number of aliphatic hydroxyl groups is 5. The van der Waals surface area contributed by atoms with Crippen molar-refractivity contribution >= 4 is 12.0 Å². The van der Waals surface area contributed by atoms with E-state index >= 15 is 0 Å². The normalized spacial score (nSPS) is 35.9. The summed E-state index contributed by atoms with van der Waals surface area (Å²) in [5.41, 5.74) is 5.96. The Morgan fingerprint density at radius 3 is 2.39 bits per heavy atom. The number of carbonyl (C=O) groups excluding carboxylic acids is 1. The SMILES string of the molecule is CC(C)/C=C/[C@@H](CC1O[C@](O)(C[C@@H](O)C(C)C)C[C@H](O)[C@H]1NC(=O)NCCC(=O)O)OC1OC(C)C(O)C(N)C1O. The number of hydrogen-bond acceptors (Lipinski definition) is 11. The molecule has 11 atom stereocenters. The van der Waals surface area contributed by atoms with Gasteiger partial charge in [0.25, 0.3) is 0 Å². The minimum Gasteiger partial charge on any atom is -0.481 e. The first-order valence-electron chi connectivity index (χ1n) is 14.2. The van der Waals surface area contributed by atoms with Crippen molar-refractivity contribution in [1.29, 1.82) is 0 Å². The Kier molecular flexibility index (Phi) is 13.4. The molecule has 14 heteroatoms. The van der Waals surface area contributed by atoms with Crippen LogP contribution in [0.15, 0.2) is 12.2 Å². The predicted molar refractivity (Wildman–Crippen MR) is 146 cm³/mol. The third kappa shape index (κ3) is 10.7. The van der Waals surface area contributed by atoms with Crippen LogP contribution in [-0.2, 0) is 19.0 Å². The van der Waals surface area contributed by atoms with Gasteiger partial charge in [-0.15, -0.1) is 0 Å². The summed E-state index contributed by atoms with van der Waals surface area (Å²) in [6.07, 6.45) is -5.86. The van der Waals surface area contributed by atoms with E-state index in [2.05, 4.69) is 10.6 Å². The van der Waals surface area contributed by atoms with Gasteiger partial charge in [0, 0.05) is 25.8 Å². The first-order valence-corrected chi connectivity index (χ1v) is 14.2. The number of hydrogen-bond donors (Lipinski definition) is 9. The van der Waals surface area contributed by atoms with Crippen LogP contribution < -0.4 is 16.4 Å². The molecule has 2 fully saturated rings. The maximum Gasteiger partial charge on any atom is 0.315 e. The van der Waals surface area contributed by atoms with Crippen LogP contribution in [0, 0.1) is 11.8 Å². The van der Waals surface area contributed by atoms with E-state index in [1.54, 1.807) is 26.8 Å². The van der Waals surface area contributed by atoms with E-state index in [-0.39, 0.29) is 44.1 Å². The zero-order chi connectivity index (χ0) is 31.1. The smallest absolute Gasteiger partial charge is 0.315 e. The number of aliphatic hydroxyl groups excluding tert-OH is 4. The van der Waals surface area contributed by atoms with Crippen molar-refractivity contribution < 1.29 is 54.4 Å². The zero-order valence-corrected chi connectivity index (χ0v) is 24.4. The van der Waals surface area contributed by atoms with E-state index in [0.717, 1.165) is 0 Å². The van der Waals surface area contributed by atoms with Crippen molar-refractivity contribution in [3.63, 3.8) is 0 Å². The molecule has 10 N–H and O–H groups in total. The number of carboxylic acids is 1. The minimum absolute atomic E-state index is 0.0425. The second-order valence-corrected chi connectivity index (χ2v) is 11.8. The van der Waals surface area contributed by atoms with Crippen LogP contribution >= 0.6 is 0 Å². The molecular formula is C27H49N3O11. The molecule has 2 saturated heterocycles. The molecule has 2 aliphatic heterocycles. The molecule has 2 rings (SSSR count). The van der Waals surface area contributed by atoms with Crippen LogP contribution in [-0.4, -0.2) is 116 Å². The monoisotopic (exact) mass is 591 g/mol. The number of aliphatic carboxylic acids is 1. The van der Waals surface area contributed by atoms with E-state index in [0.29, 0.717) is 0 Å². The summed E-state index contributed by atoms with van der Waals surface area (Å²) in [5, 5.41) is 67.4. The third-order valence-corrected chi connectivity index (χ3v) is 7.32. The maximum atomic E-state index is 12.6. The van der Waals surface area contributed by atoms with Gasteiger partial charge in [0.05, 0.1) is 55.1 Å². The van der Waals surface area contributed by atoms with Gasteiger partial charge in [0.15, 0.2) is 12.1 Å². The fraction of sp³-hybridized carbons (Fsp3) is 0.852. The minimum atomic E-state index is -1.93. The highest BCUT2D eigenvalue weighted by Gasteiger charge is 2.49. The van der Waals surface area contributed by atoms with E-state index in [1.807, 2.05) is 19.9 Å². The van der Waals surface area contributed by atoms with Crippen molar-refractivity contribution in [2.24, 2.45) is 17.6 Å². The Morgan fingerprint density at radius 1 is 1.15 bits per heavy atom. The van der Waals surface area contributed by atoms with Gasteiger partial charge in [-0.2, -0.15) is 0 Å². The van der Waals surface area contributed by atoms with Crippen molar-refractivity contribution in [2.75, 3.05) is 6.54 Å². The average molecular weight is 592 g/mol. The van der Waals surface area contributed by atoms with Crippen LogP contribution in [0.4, 0.5) is 4.79 Å². The van der Waals surface area contributed by atoms with Crippen molar-refractivity contribution in [2.45, 2.75) is 127 Å². The Hall–Kier alpha value is -1.88. The van der Waals surface area contributed by atoms with E-state index in [9.17, 15) is 35.1 Å². The van der Waals surface area contributed by atoms with Crippen molar-refractivity contribution in [3.05, 3.63) is 12.2 Å². The van der Waals surface area contributed by atoms with Crippen LogP contribution in [0.3, 0.4) is 0 Å². The number of urea groups is 1. The Balaban J connectivity index is 2.32. The topological polar surface area (TPSA) is 233 Å². The number of carboxylic acid groups (broad SMARTS) is 1. The van der Waals surface area contributed by atoms with Gasteiger partial charge in [0.2, 0.25) is 0 Å². The lowest BCUT2D eigenvalue weighted by atomic mass is 9.86. The van der Waals surface area contributed by atoms with Crippen LogP contribution in [0.5, 0.6) is 0 Å². The molecule has 0 saturated carbocycles. The van der Waals surface area contributed by atoms with Gasteiger partial charge in [-0.1, -0.05) is 39.8 Å². The molecule has 2 aliphatic rings. The fourth-order valence-corrected chi connectivity index (χ4v) is 4.78. The molecule has 0 aromatic carbocycles. The lowest BCUT2D eigenvalue weighted by molar-refractivity contribution is -0.303. The van der Waals surface area contributed by atoms with E-state index in [1.165, 1.54) is 0 Å². The lowest BCUT2D eigenvalue weighted by Gasteiger charge is -2.46. The lowest BCUT2D eigenvalue weighted by Crippen LogP contribution is -2.64. The molecule has 0 radical (unpaired) electrons. The van der Waals surface area contributed by atoms with Gasteiger partial charge in [-0.05, 0) is 18.8 Å². The summed E-state index contributed by atoms with van der Waals surface area (Å²) in [4.78, 5) is 23.4. The number of amides is 2. The number of nitrogens with one attached hydrogen (secondary N) is 2. The van der Waals surface area contributed by atoms with Gasteiger partial charge in [-0.3, -0.25) is 4.79 Å². The third-order valence-electron chi connectivity index (χ3n) is 7.32. The predicted octanol–water partition coefficient (Wildman–Crippen LogP) is -0.844. The number of carbonyl (C=O) groups is 2. The van der Waals surface area contributed by atoms with Crippen molar-refractivity contribution in [1.82, 2.24) is 10.6 Å². The number of ether oxygens (including phenoxy) is 3. The largest absolute Gasteiger partial charge is 0.481 e. The Bertz CT molecular complexity index is 875. The molecule has 0 aromatic rings. The molecule has 0 bridgehead atoms. The molecule has 238 valence electrons. The number of rotatable bonds is 13. The summed E-state index contributed by atoms with van der Waals surface area (Å²) in [6.45, 7) is 8.86. The second-order valence-electron chi connectivity index (χ2n) is 11.8. The second kappa shape index (κ2) is 15.5. The summed E-state index contributed by atoms with van der Waals surface area (Å²) in [7, 11) is 0. The van der Waals surface area contributed by atoms with Crippen LogP contribution in [0.2, 0.25) is 0 Å². The van der Waals surface area contributed by atoms with E-state index < -0.39 is 78.9 Å². The molecule has 14 nitrogen and oxygen atoms in total. The summed E-state index contributed by atoms with van der Waals surface area (Å²) in [5.74, 6) is -3.12. The fourth-order valence-electron chi connectivity index (χ4n) is 4.78. The molecule has 0 spiro atoms. The standard InChI is InChI=1S/C27H49N3O11/c1-13(2)6-7-16(40-25-24(36)21(28)23(35)15(5)39-25)10-19-22(30-26(37)29-9-8-20(33)34)18(32)12-27(38,41-19)11-17(31)14(3)4/h6-7,13-19,21-25,31-32,35-36,38H,8-12,28H2,1-5H3,(H,33,34)(H2,29,30,37)/b7-6+/t15?,16-,17+,18-,19?,21?,22+,23?,24?,25?,27+/m0/s1. The Morgan fingerprint density at radius 2 is 1.80 bits per heavy atom. The molecule has 0 aromatic heterocycles. The average Bonchev–Trinajstić information content (AvgIpc) is 2.86. The van der Waals surface area contributed by atoms with Gasteiger partial charge < -0.3 is 61.2 Å². The van der Waals surface area contributed by atoms with E-state index in [4.69, 9.17) is 25.1 Å². The summed E-state index contributed by atoms with van der Waals surface area (Å²) >= 11 is 0. The van der Waals surface area contributed by atoms with Crippen molar-refractivity contribution in [3.8, 4) is 0 Å². The number of nitrogens with two attached hydrogens (primary N) is 1. The van der Waals surface area contributed by atoms with Gasteiger partial charge in [-0.25, -0.2) is 4.79 Å². The maximum absolute atomic E-state index is 12.6. The zero-order valence-electron chi connectivity index (χ0n) is 24.4. The van der Waals surface area contributed by atoms with Crippen LogP contribution in [0.25, 0.3) is 0 Å². The van der Waals surface area contributed by atoms with Crippen LogP contribution in [0.1, 0.15) is 60.3 Å². The molecular weight excluding hydrogens is 542 g/mol. The Labute approximate surface area is 240 Å². The highest BCUT2D eigenvalue weighted by Crippen LogP contribution is 2.35. The van der Waals surface area contributed by atoms with Gasteiger partial charge >= 0.3 is 12.0 Å². The highest BCUT2D eigenvalue weighted by molar-refractivity contribution is 5.75. The van der Waals surface area contributed by atoms with Gasteiger partial charge in [0.1, 0.15) is 6.10 Å².